The SMILES string of the molecule is COc1ccccc1CN(C(C)=O)C(=O)C(N1CCC(N2CCCCC2)CC1)C(N)(C(C)=O)c1c[nH]c2ccccc12. The molecular weight excluding hydrogens is 530 g/mol. The van der Waals surface area contributed by atoms with E-state index in [1.54, 1.807) is 19.4 Å². The highest BCUT2D eigenvalue weighted by atomic mass is 16.5. The predicted octanol–water partition coefficient (Wildman–Crippen LogP) is 3.81. The number of nitrogens with one attached hydrogen (secondary N) is 1. The van der Waals surface area contributed by atoms with Gasteiger partial charge in [0, 0.05) is 54.3 Å². The van der Waals surface area contributed by atoms with Crippen LogP contribution < -0.4 is 10.5 Å². The summed E-state index contributed by atoms with van der Waals surface area (Å²) in [5.74, 6) is -0.640. The van der Waals surface area contributed by atoms with Crippen molar-refractivity contribution in [2.75, 3.05) is 33.3 Å². The summed E-state index contributed by atoms with van der Waals surface area (Å²) in [6.45, 7) is 6.26. The first kappa shape index (κ1) is 29.9. The number of benzene rings is 2. The van der Waals surface area contributed by atoms with Gasteiger partial charge in [-0.05, 0) is 57.8 Å². The summed E-state index contributed by atoms with van der Waals surface area (Å²) in [7, 11) is 1.56. The van der Waals surface area contributed by atoms with Crippen LogP contribution in [0.3, 0.4) is 0 Å². The lowest BCUT2D eigenvalue weighted by molar-refractivity contribution is -0.153. The van der Waals surface area contributed by atoms with Gasteiger partial charge in [-0.15, -0.1) is 0 Å². The molecule has 2 aliphatic rings. The van der Waals surface area contributed by atoms with Crippen molar-refractivity contribution in [3.05, 3.63) is 65.9 Å². The van der Waals surface area contributed by atoms with Crippen molar-refractivity contribution >= 4 is 28.5 Å². The fraction of sp³-hybridized carbons (Fsp3) is 0.485. The number of piperidine rings is 2. The van der Waals surface area contributed by atoms with Crippen LogP contribution in [0.5, 0.6) is 5.75 Å². The zero-order chi connectivity index (χ0) is 29.9. The largest absolute Gasteiger partial charge is 0.496 e. The van der Waals surface area contributed by atoms with Gasteiger partial charge in [-0.2, -0.15) is 0 Å². The smallest absolute Gasteiger partial charge is 0.249 e. The van der Waals surface area contributed by atoms with E-state index >= 15 is 0 Å². The van der Waals surface area contributed by atoms with Gasteiger partial charge in [0.15, 0.2) is 5.78 Å². The number of para-hydroxylation sites is 2. The number of hydrogen-bond donors (Lipinski definition) is 2. The second-order valence-electron chi connectivity index (χ2n) is 11.7. The normalized spacial score (nSPS) is 19.2. The van der Waals surface area contributed by atoms with E-state index in [2.05, 4.69) is 9.88 Å². The van der Waals surface area contributed by atoms with Gasteiger partial charge in [0.25, 0.3) is 0 Å². The lowest BCUT2D eigenvalue weighted by Gasteiger charge is -2.47. The quantitative estimate of drug-likeness (QED) is 0.400. The summed E-state index contributed by atoms with van der Waals surface area (Å²) in [4.78, 5) is 50.6. The minimum Gasteiger partial charge on any atom is -0.496 e. The highest BCUT2D eigenvalue weighted by Gasteiger charge is 2.52. The summed E-state index contributed by atoms with van der Waals surface area (Å²) < 4.78 is 5.52. The molecule has 2 amide bonds. The number of methoxy groups -OCH3 is 1. The summed E-state index contributed by atoms with van der Waals surface area (Å²) >= 11 is 0. The second kappa shape index (κ2) is 12.8. The van der Waals surface area contributed by atoms with E-state index in [9.17, 15) is 14.4 Å². The average molecular weight is 574 g/mol. The number of aromatic nitrogens is 1. The standard InChI is InChI=1S/C33H43N5O4/c1-23(39)33(34,28-21-35-29-13-7-6-12-27(28)29)31(37-19-15-26(16-20-37)36-17-9-4-10-18-36)32(41)38(24(2)40)22-25-11-5-8-14-30(25)42-3/h5-8,11-14,21,26,31,35H,4,9-10,15-20,22,34H2,1-3H3. The highest BCUT2D eigenvalue weighted by molar-refractivity contribution is 6.04. The molecule has 3 N–H and O–H groups in total. The van der Waals surface area contributed by atoms with Crippen molar-refractivity contribution in [1.29, 1.82) is 0 Å². The fourth-order valence-electron chi connectivity index (χ4n) is 6.87. The lowest BCUT2D eigenvalue weighted by atomic mass is 9.77. The molecule has 2 atom stereocenters. The Balaban J connectivity index is 1.55. The summed E-state index contributed by atoms with van der Waals surface area (Å²) in [6, 6.07) is 14.3. The van der Waals surface area contributed by atoms with Gasteiger partial charge in [-0.25, -0.2) is 0 Å². The molecule has 2 fully saturated rings. The number of imide groups is 1. The molecule has 2 unspecified atom stereocenters. The molecular formula is C33H43N5O4. The van der Waals surface area contributed by atoms with Crippen LogP contribution in [-0.4, -0.2) is 82.7 Å². The van der Waals surface area contributed by atoms with Crippen molar-refractivity contribution in [3.8, 4) is 5.75 Å². The Labute approximate surface area is 248 Å². The molecule has 9 heteroatoms. The first-order valence-corrected chi connectivity index (χ1v) is 15.0. The van der Waals surface area contributed by atoms with Crippen LogP contribution in [0.1, 0.15) is 57.1 Å². The van der Waals surface area contributed by atoms with Gasteiger partial charge in [0.05, 0.1) is 13.7 Å². The maximum Gasteiger partial charge on any atom is 0.249 e. The Hall–Kier alpha value is -3.53. The van der Waals surface area contributed by atoms with Gasteiger partial charge >= 0.3 is 0 Å². The first-order valence-electron chi connectivity index (χ1n) is 15.0. The Morgan fingerprint density at radius 3 is 2.33 bits per heavy atom. The van der Waals surface area contributed by atoms with E-state index in [0.29, 0.717) is 36.0 Å². The van der Waals surface area contributed by atoms with Gasteiger partial charge in [0.1, 0.15) is 17.3 Å². The molecule has 0 bridgehead atoms. The van der Waals surface area contributed by atoms with E-state index in [4.69, 9.17) is 10.5 Å². The predicted molar refractivity (Wildman–Crippen MR) is 163 cm³/mol. The monoisotopic (exact) mass is 573 g/mol. The zero-order valence-corrected chi connectivity index (χ0v) is 25.0. The van der Waals surface area contributed by atoms with E-state index in [1.807, 2.05) is 47.4 Å². The number of aromatic amines is 1. The number of carbonyl (C=O) groups is 3. The molecule has 5 rings (SSSR count). The van der Waals surface area contributed by atoms with Crippen molar-refractivity contribution < 1.29 is 19.1 Å². The maximum absolute atomic E-state index is 14.7. The van der Waals surface area contributed by atoms with Crippen molar-refractivity contribution in [2.45, 2.75) is 70.1 Å². The molecule has 3 heterocycles. The number of nitrogens with zero attached hydrogens (tertiary/aromatic N) is 3. The number of rotatable bonds is 9. The molecule has 2 aromatic carbocycles. The Morgan fingerprint density at radius 1 is 1.00 bits per heavy atom. The molecule has 0 radical (unpaired) electrons. The molecule has 3 aromatic rings. The van der Waals surface area contributed by atoms with Crippen molar-refractivity contribution in [3.63, 3.8) is 0 Å². The minimum atomic E-state index is -1.69. The Morgan fingerprint density at radius 2 is 1.67 bits per heavy atom. The van der Waals surface area contributed by atoms with Gasteiger partial charge in [0.2, 0.25) is 11.8 Å². The van der Waals surface area contributed by atoms with Crippen LogP contribution in [0.2, 0.25) is 0 Å². The van der Waals surface area contributed by atoms with Crippen LogP contribution >= 0.6 is 0 Å². The Kier molecular flexibility index (Phi) is 9.11. The lowest BCUT2D eigenvalue weighted by Crippen LogP contribution is -2.67. The van der Waals surface area contributed by atoms with Gasteiger partial charge in [-0.1, -0.05) is 42.8 Å². The first-order chi connectivity index (χ1) is 20.3. The van der Waals surface area contributed by atoms with Crippen LogP contribution in [0, 0.1) is 0 Å². The van der Waals surface area contributed by atoms with E-state index in [0.717, 1.165) is 36.8 Å². The molecule has 0 spiro atoms. The van der Waals surface area contributed by atoms with E-state index < -0.39 is 23.4 Å². The minimum absolute atomic E-state index is 0.0147. The number of H-pyrrole nitrogens is 1. The third kappa shape index (κ3) is 5.73. The number of amides is 2. The molecule has 42 heavy (non-hydrogen) atoms. The summed E-state index contributed by atoms with van der Waals surface area (Å²) in [5, 5.41) is 0.787. The second-order valence-corrected chi connectivity index (χ2v) is 11.7. The van der Waals surface area contributed by atoms with Crippen molar-refractivity contribution in [1.82, 2.24) is 19.7 Å². The number of ketones is 1. The molecule has 0 saturated carbocycles. The number of carbonyl (C=O) groups excluding carboxylic acids is 3. The van der Waals surface area contributed by atoms with Gasteiger partial charge in [-0.3, -0.25) is 24.2 Å². The maximum atomic E-state index is 14.7. The Bertz CT molecular complexity index is 1420. The number of nitrogens with two attached hydrogens (primary N) is 1. The molecule has 1 aromatic heterocycles. The zero-order valence-electron chi connectivity index (χ0n) is 25.0. The van der Waals surface area contributed by atoms with Crippen molar-refractivity contribution in [2.24, 2.45) is 5.73 Å². The van der Waals surface area contributed by atoms with E-state index in [1.165, 1.54) is 38.0 Å². The van der Waals surface area contributed by atoms with Gasteiger partial charge < -0.3 is 20.4 Å². The summed E-state index contributed by atoms with van der Waals surface area (Å²) in [5.41, 5.74) is 7.60. The van der Waals surface area contributed by atoms with Crippen LogP contribution in [0.4, 0.5) is 0 Å². The molecule has 2 aliphatic heterocycles. The number of Topliss-reactive ketones (excluding diaryl/α,β-unsaturated/α-hetero) is 1. The third-order valence-corrected chi connectivity index (χ3v) is 9.22. The molecule has 9 nitrogen and oxygen atoms in total. The van der Waals surface area contributed by atoms with E-state index in [-0.39, 0.29) is 12.3 Å². The number of hydrogen-bond acceptors (Lipinski definition) is 7. The molecule has 2 saturated heterocycles. The highest BCUT2D eigenvalue weighted by Crippen LogP contribution is 2.36. The molecule has 224 valence electrons. The average Bonchev–Trinajstić information content (AvgIpc) is 3.45. The fourth-order valence-corrected chi connectivity index (χ4v) is 6.87. The number of fused-ring (bicyclic) bond motifs is 1. The number of ether oxygens (including phenoxy) is 1. The van der Waals surface area contributed by atoms with Crippen LogP contribution in [0.15, 0.2) is 54.7 Å². The molecule has 0 aliphatic carbocycles. The van der Waals surface area contributed by atoms with Crippen LogP contribution in [-0.2, 0) is 26.5 Å². The number of likely N-dealkylation sites (tertiary alicyclic amines) is 2. The van der Waals surface area contributed by atoms with Crippen LogP contribution in [0.25, 0.3) is 10.9 Å². The summed E-state index contributed by atoms with van der Waals surface area (Å²) in [6.07, 6.45) is 7.20. The topological polar surface area (TPSA) is 112 Å². The third-order valence-electron chi connectivity index (χ3n) is 9.22.